The molecule has 1 aromatic carbocycles. The minimum atomic E-state index is -0.768. The van der Waals surface area contributed by atoms with E-state index in [0.29, 0.717) is 10.9 Å². The van der Waals surface area contributed by atoms with E-state index in [1.165, 1.54) is 0 Å². The first-order valence-corrected chi connectivity index (χ1v) is 7.70. The van der Waals surface area contributed by atoms with E-state index in [9.17, 15) is 10.4 Å². The SMILES string of the molecule is CC1CCC(C#N)(C(O)c2ccc(Br)c(Cl)c2)CC1. The van der Waals surface area contributed by atoms with Gasteiger partial charge in [-0.1, -0.05) is 24.6 Å². The van der Waals surface area contributed by atoms with Crippen molar-refractivity contribution in [2.75, 3.05) is 0 Å². The zero-order valence-corrected chi connectivity index (χ0v) is 13.2. The van der Waals surface area contributed by atoms with E-state index in [0.717, 1.165) is 35.7 Å². The average Bonchev–Trinajstić information content (AvgIpc) is 2.42. The molecule has 1 atom stereocenters. The van der Waals surface area contributed by atoms with Crippen molar-refractivity contribution < 1.29 is 5.11 Å². The third-order valence-electron chi connectivity index (χ3n) is 4.17. The lowest BCUT2D eigenvalue weighted by Gasteiger charge is -2.37. The summed E-state index contributed by atoms with van der Waals surface area (Å²) >= 11 is 9.40. The van der Waals surface area contributed by atoms with Crippen LogP contribution < -0.4 is 0 Å². The van der Waals surface area contributed by atoms with Crippen LogP contribution >= 0.6 is 27.5 Å². The van der Waals surface area contributed by atoms with Crippen LogP contribution in [0.1, 0.15) is 44.3 Å². The second-order valence-corrected chi connectivity index (χ2v) is 6.79. The molecule has 0 amide bonds. The molecule has 102 valence electrons. The van der Waals surface area contributed by atoms with Crippen LogP contribution in [-0.2, 0) is 0 Å². The maximum absolute atomic E-state index is 10.6. The van der Waals surface area contributed by atoms with Crippen molar-refractivity contribution in [1.82, 2.24) is 0 Å². The van der Waals surface area contributed by atoms with E-state index >= 15 is 0 Å². The first kappa shape index (κ1) is 14.8. The summed E-state index contributed by atoms with van der Waals surface area (Å²) in [6.07, 6.45) is 2.72. The molecule has 0 heterocycles. The molecule has 0 saturated heterocycles. The largest absolute Gasteiger partial charge is 0.387 e. The summed E-state index contributed by atoms with van der Waals surface area (Å²) in [5.74, 6) is 0.641. The predicted octanol–water partition coefficient (Wildman–Crippen LogP) is 4.86. The van der Waals surface area contributed by atoms with Gasteiger partial charge in [-0.15, -0.1) is 0 Å². The van der Waals surface area contributed by atoms with Gasteiger partial charge in [0.25, 0.3) is 0 Å². The topological polar surface area (TPSA) is 44.0 Å². The second kappa shape index (κ2) is 5.83. The lowest BCUT2D eigenvalue weighted by atomic mass is 9.67. The molecule has 0 aromatic heterocycles. The molecule has 1 aliphatic carbocycles. The number of nitrogens with zero attached hydrogens (tertiary/aromatic N) is 1. The molecule has 0 spiro atoms. The van der Waals surface area contributed by atoms with Gasteiger partial charge in [-0.05, 0) is 65.2 Å². The number of halogens is 2. The van der Waals surface area contributed by atoms with Crippen LogP contribution in [0.15, 0.2) is 22.7 Å². The number of rotatable bonds is 2. The van der Waals surface area contributed by atoms with E-state index in [4.69, 9.17) is 11.6 Å². The molecular weight excluding hydrogens is 326 g/mol. The van der Waals surface area contributed by atoms with Gasteiger partial charge in [-0.25, -0.2) is 0 Å². The van der Waals surface area contributed by atoms with Crippen molar-refractivity contribution in [3.63, 3.8) is 0 Å². The molecule has 1 unspecified atom stereocenters. The zero-order valence-electron chi connectivity index (χ0n) is 10.9. The minimum Gasteiger partial charge on any atom is -0.387 e. The van der Waals surface area contributed by atoms with Crippen LogP contribution in [0.25, 0.3) is 0 Å². The Morgan fingerprint density at radius 3 is 2.63 bits per heavy atom. The van der Waals surface area contributed by atoms with E-state index in [2.05, 4.69) is 28.9 Å². The Balaban J connectivity index is 2.28. The average molecular weight is 343 g/mol. The lowest BCUT2D eigenvalue weighted by molar-refractivity contribution is 0.0266. The Labute approximate surface area is 127 Å². The van der Waals surface area contributed by atoms with Gasteiger partial charge in [0.15, 0.2) is 0 Å². The van der Waals surface area contributed by atoms with Crippen molar-refractivity contribution in [3.05, 3.63) is 33.3 Å². The summed E-state index contributed by atoms with van der Waals surface area (Å²) in [6, 6.07) is 7.76. The Hall–Kier alpha value is -0.560. The summed E-state index contributed by atoms with van der Waals surface area (Å²) in [5.41, 5.74) is 0.0632. The van der Waals surface area contributed by atoms with Crippen molar-refractivity contribution in [2.45, 2.75) is 38.7 Å². The normalized spacial score (nSPS) is 28.7. The molecule has 1 aromatic rings. The van der Waals surface area contributed by atoms with Crippen molar-refractivity contribution in [3.8, 4) is 6.07 Å². The van der Waals surface area contributed by atoms with Gasteiger partial charge >= 0.3 is 0 Å². The molecule has 19 heavy (non-hydrogen) atoms. The highest BCUT2D eigenvalue weighted by Gasteiger charge is 2.41. The fourth-order valence-electron chi connectivity index (χ4n) is 2.73. The van der Waals surface area contributed by atoms with Gasteiger partial charge in [0, 0.05) is 4.47 Å². The Morgan fingerprint density at radius 1 is 1.47 bits per heavy atom. The zero-order chi connectivity index (χ0) is 14.0. The number of nitriles is 1. The monoisotopic (exact) mass is 341 g/mol. The highest BCUT2D eigenvalue weighted by Crippen LogP contribution is 2.47. The summed E-state index contributed by atoms with van der Waals surface area (Å²) in [7, 11) is 0. The molecule has 1 fully saturated rings. The van der Waals surface area contributed by atoms with E-state index in [-0.39, 0.29) is 0 Å². The summed E-state index contributed by atoms with van der Waals surface area (Å²) in [5, 5.41) is 20.7. The van der Waals surface area contributed by atoms with Crippen molar-refractivity contribution in [1.29, 1.82) is 5.26 Å². The van der Waals surface area contributed by atoms with Crippen LogP contribution in [0, 0.1) is 22.7 Å². The quantitative estimate of drug-likeness (QED) is 0.834. The number of hydrogen-bond donors (Lipinski definition) is 1. The number of aliphatic hydroxyl groups excluding tert-OH is 1. The van der Waals surface area contributed by atoms with E-state index in [1.807, 2.05) is 12.1 Å². The standard InChI is InChI=1S/C15H17BrClNO/c1-10-4-6-15(9-18,7-5-10)14(19)11-2-3-12(16)13(17)8-11/h2-3,8,10,14,19H,4-7H2,1H3. The summed E-state index contributed by atoms with van der Waals surface area (Å²) in [4.78, 5) is 0. The maximum atomic E-state index is 10.6. The second-order valence-electron chi connectivity index (χ2n) is 5.53. The first-order valence-electron chi connectivity index (χ1n) is 6.53. The Kier molecular flexibility index (Phi) is 4.55. The molecule has 1 N–H and O–H groups in total. The van der Waals surface area contributed by atoms with Crippen LogP contribution in [-0.4, -0.2) is 5.11 Å². The highest BCUT2D eigenvalue weighted by molar-refractivity contribution is 9.10. The molecule has 2 rings (SSSR count). The summed E-state index contributed by atoms with van der Waals surface area (Å²) < 4.78 is 0.799. The maximum Gasteiger partial charge on any atom is 0.0976 e. The molecule has 4 heteroatoms. The Bertz CT molecular complexity index is 503. The molecule has 2 nitrogen and oxygen atoms in total. The van der Waals surface area contributed by atoms with Crippen LogP contribution in [0.3, 0.4) is 0 Å². The predicted molar refractivity (Wildman–Crippen MR) is 79.8 cm³/mol. The third kappa shape index (κ3) is 2.97. The van der Waals surface area contributed by atoms with Crippen LogP contribution in [0.4, 0.5) is 0 Å². The third-order valence-corrected chi connectivity index (χ3v) is 5.40. The molecule has 0 bridgehead atoms. The van der Waals surface area contributed by atoms with Gasteiger partial charge in [-0.3, -0.25) is 0 Å². The summed E-state index contributed by atoms with van der Waals surface area (Å²) in [6.45, 7) is 2.20. The first-order chi connectivity index (χ1) is 8.98. The van der Waals surface area contributed by atoms with Crippen molar-refractivity contribution in [2.24, 2.45) is 11.3 Å². The number of benzene rings is 1. The van der Waals surface area contributed by atoms with Gasteiger partial charge in [0.2, 0.25) is 0 Å². The number of aliphatic hydroxyl groups is 1. The van der Waals surface area contributed by atoms with Crippen molar-refractivity contribution >= 4 is 27.5 Å². The fourth-order valence-corrected chi connectivity index (χ4v) is 3.16. The minimum absolute atomic E-state index is 0.564. The lowest BCUT2D eigenvalue weighted by Crippen LogP contribution is -2.32. The number of hydrogen-bond acceptors (Lipinski definition) is 2. The van der Waals surface area contributed by atoms with E-state index < -0.39 is 11.5 Å². The Morgan fingerprint density at radius 2 is 2.11 bits per heavy atom. The highest BCUT2D eigenvalue weighted by atomic mass is 79.9. The van der Waals surface area contributed by atoms with Crippen LogP contribution in [0.5, 0.6) is 0 Å². The fraction of sp³-hybridized carbons (Fsp3) is 0.533. The van der Waals surface area contributed by atoms with Gasteiger partial charge in [-0.2, -0.15) is 5.26 Å². The molecule has 0 aliphatic heterocycles. The van der Waals surface area contributed by atoms with Gasteiger partial charge in [0.1, 0.15) is 0 Å². The van der Waals surface area contributed by atoms with Gasteiger partial charge < -0.3 is 5.11 Å². The molecular formula is C15H17BrClNO. The molecule has 0 radical (unpaired) electrons. The smallest absolute Gasteiger partial charge is 0.0976 e. The van der Waals surface area contributed by atoms with Gasteiger partial charge in [0.05, 0.1) is 22.6 Å². The van der Waals surface area contributed by atoms with E-state index in [1.54, 1.807) is 6.07 Å². The van der Waals surface area contributed by atoms with Crippen LogP contribution in [0.2, 0.25) is 5.02 Å². The molecule has 1 saturated carbocycles. The molecule has 1 aliphatic rings.